The second kappa shape index (κ2) is 4.79. The van der Waals surface area contributed by atoms with E-state index in [4.69, 9.17) is 0 Å². The van der Waals surface area contributed by atoms with Crippen LogP contribution in [-0.2, 0) is 15.6 Å². The van der Waals surface area contributed by atoms with Gasteiger partial charge < -0.3 is 0 Å². The fourth-order valence-corrected chi connectivity index (χ4v) is 5.14. The third kappa shape index (κ3) is 3.01. The summed E-state index contributed by atoms with van der Waals surface area (Å²) in [4.78, 5) is 0.790. The summed E-state index contributed by atoms with van der Waals surface area (Å²) in [7, 11) is -2.98. The highest BCUT2D eigenvalue weighted by molar-refractivity contribution is 7.90. The van der Waals surface area contributed by atoms with Crippen LogP contribution in [0.2, 0.25) is 0 Å². The predicted octanol–water partition coefficient (Wildman–Crippen LogP) is 1.95. The van der Waals surface area contributed by atoms with Gasteiger partial charge in [-0.1, -0.05) is 17.3 Å². The molecule has 1 aliphatic rings. The van der Waals surface area contributed by atoms with E-state index in [0.29, 0.717) is 11.7 Å². The SMILES string of the molecule is Cc1nnsc1CS(=O)(=O)CC1CCCC1. The molecule has 0 spiro atoms. The lowest BCUT2D eigenvalue weighted by Crippen LogP contribution is -2.15. The summed E-state index contributed by atoms with van der Waals surface area (Å²) in [6.07, 6.45) is 4.50. The molecule has 90 valence electrons. The molecule has 0 N–H and O–H groups in total. The van der Waals surface area contributed by atoms with Gasteiger partial charge >= 0.3 is 0 Å². The molecule has 1 aliphatic carbocycles. The lowest BCUT2D eigenvalue weighted by molar-refractivity contribution is 0.558. The maximum atomic E-state index is 12.0. The van der Waals surface area contributed by atoms with Crippen LogP contribution in [0.3, 0.4) is 0 Å². The van der Waals surface area contributed by atoms with E-state index in [-0.39, 0.29) is 5.75 Å². The summed E-state index contributed by atoms with van der Waals surface area (Å²) >= 11 is 1.19. The normalized spacial score (nSPS) is 18.1. The van der Waals surface area contributed by atoms with Crippen molar-refractivity contribution in [3.05, 3.63) is 10.6 Å². The van der Waals surface area contributed by atoms with Crippen molar-refractivity contribution in [1.82, 2.24) is 9.59 Å². The first kappa shape index (κ1) is 12.0. The van der Waals surface area contributed by atoms with Gasteiger partial charge in [-0.3, -0.25) is 0 Å². The molecule has 0 aromatic carbocycles. The number of rotatable bonds is 4. The molecule has 1 saturated carbocycles. The van der Waals surface area contributed by atoms with Crippen LogP contribution >= 0.6 is 11.5 Å². The molecule has 0 saturated heterocycles. The fraction of sp³-hybridized carbons (Fsp3) is 0.800. The molecule has 4 nitrogen and oxygen atoms in total. The Balaban J connectivity index is 2.00. The van der Waals surface area contributed by atoms with Gasteiger partial charge in [0.2, 0.25) is 0 Å². The Morgan fingerprint density at radius 2 is 2.06 bits per heavy atom. The molecule has 1 fully saturated rings. The van der Waals surface area contributed by atoms with Crippen LogP contribution in [0, 0.1) is 12.8 Å². The average Bonchev–Trinajstić information content (AvgIpc) is 2.78. The predicted molar refractivity (Wildman–Crippen MR) is 64.1 cm³/mol. The Hall–Kier alpha value is -0.490. The molecule has 1 aromatic rings. The molecule has 1 heterocycles. The third-order valence-corrected chi connectivity index (χ3v) is 5.77. The van der Waals surface area contributed by atoms with Gasteiger partial charge in [0.1, 0.15) is 0 Å². The molecule has 6 heteroatoms. The smallest absolute Gasteiger partial charge is 0.155 e. The quantitative estimate of drug-likeness (QED) is 0.830. The van der Waals surface area contributed by atoms with Crippen molar-refractivity contribution in [2.24, 2.45) is 5.92 Å². The van der Waals surface area contributed by atoms with Crippen molar-refractivity contribution in [3.8, 4) is 0 Å². The Bertz CT molecular complexity index is 447. The van der Waals surface area contributed by atoms with Gasteiger partial charge in [0.15, 0.2) is 9.84 Å². The average molecular weight is 260 g/mol. The van der Waals surface area contributed by atoms with Crippen LogP contribution in [0.4, 0.5) is 0 Å². The Morgan fingerprint density at radius 3 is 2.62 bits per heavy atom. The summed E-state index contributed by atoms with van der Waals surface area (Å²) in [5, 5.41) is 3.84. The standard InChI is InChI=1S/C10H16N2O2S2/c1-8-10(15-12-11-8)7-16(13,14)6-9-4-2-3-5-9/h9H,2-7H2,1H3. The Labute approximate surface area is 100 Å². The summed E-state index contributed by atoms with van der Waals surface area (Å²) in [6, 6.07) is 0. The zero-order chi connectivity index (χ0) is 11.6. The lowest BCUT2D eigenvalue weighted by Gasteiger charge is -2.08. The molecular formula is C10H16N2O2S2. The van der Waals surface area contributed by atoms with Crippen LogP contribution in [0.25, 0.3) is 0 Å². The van der Waals surface area contributed by atoms with Gasteiger partial charge in [0.25, 0.3) is 0 Å². The van der Waals surface area contributed by atoms with Crippen molar-refractivity contribution in [3.63, 3.8) is 0 Å². The lowest BCUT2D eigenvalue weighted by atomic mass is 10.1. The molecule has 0 amide bonds. The summed E-state index contributed by atoms with van der Waals surface area (Å²) < 4.78 is 27.7. The van der Waals surface area contributed by atoms with Gasteiger partial charge in [0.05, 0.1) is 22.1 Å². The zero-order valence-electron chi connectivity index (χ0n) is 9.35. The molecule has 0 bridgehead atoms. The van der Waals surface area contributed by atoms with Crippen molar-refractivity contribution in [2.75, 3.05) is 5.75 Å². The van der Waals surface area contributed by atoms with Crippen LogP contribution in [0.15, 0.2) is 0 Å². The van der Waals surface area contributed by atoms with E-state index in [0.717, 1.165) is 23.4 Å². The maximum Gasteiger partial charge on any atom is 0.155 e. The van der Waals surface area contributed by atoms with E-state index in [1.165, 1.54) is 24.4 Å². The van der Waals surface area contributed by atoms with Gasteiger partial charge in [0, 0.05) is 0 Å². The first-order valence-corrected chi connectivity index (χ1v) is 8.14. The second-order valence-electron chi connectivity index (χ2n) is 4.49. The van der Waals surface area contributed by atoms with Gasteiger partial charge in [-0.15, -0.1) is 5.10 Å². The summed E-state index contributed by atoms with van der Waals surface area (Å²) in [5.74, 6) is 0.836. The maximum absolute atomic E-state index is 12.0. The Kier molecular flexibility index (Phi) is 3.59. The minimum absolute atomic E-state index is 0.118. The molecule has 0 aliphatic heterocycles. The van der Waals surface area contributed by atoms with Gasteiger partial charge in [-0.05, 0) is 37.2 Å². The van der Waals surface area contributed by atoms with Crippen LogP contribution in [0.5, 0.6) is 0 Å². The van der Waals surface area contributed by atoms with Crippen LogP contribution in [-0.4, -0.2) is 23.8 Å². The van der Waals surface area contributed by atoms with Gasteiger partial charge in [-0.25, -0.2) is 8.42 Å². The summed E-state index contributed by atoms with van der Waals surface area (Å²) in [6.45, 7) is 1.81. The van der Waals surface area contributed by atoms with E-state index in [9.17, 15) is 8.42 Å². The first-order valence-electron chi connectivity index (χ1n) is 5.55. The van der Waals surface area contributed by atoms with Crippen molar-refractivity contribution < 1.29 is 8.42 Å². The van der Waals surface area contributed by atoms with Crippen molar-refractivity contribution >= 4 is 21.4 Å². The third-order valence-electron chi connectivity index (χ3n) is 3.06. The summed E-state index contributed by atoms with van der Waals surface area (Å²) in [5.41, 5.74) is 0.750. The molecule has 1 aromatic heterocycles. The number of aryl methyl sites for hydroxylation is 1. The number of hydrogen-bond acceptors (Lipinski definition) is 5. The molecule has 0 unspecified atom stereocenters. The highest BCUT2D eigenvalue weighted by Gasteiger charge is 2.24. The van der Waals surface area contributed by atoms with Gasteiger partial charge in [-0.2, -0.15) is 0 Å². The van der Waals surface area contributed by atoms with E-state index in [2.05, 4.69) is 9.59 Å². The molecule has 0 atom stereocenters. The molecule has 16 heavy (non-hydrogen) atoms. The minimum atomic E-state index is -2.98. The Morgan fingerprint density at radius 1 is 1.38 bits per heavy atom. The largest absolute Gasteiger partial charge is 0.228 e. The van der Waals surface area contributed by atoms with Crippen LogP contribution < -0.4 is 0 Å². The number of sulfone groups is 1. The van der Waals surface area contributed by atoms with Crippen LogP contribution in [0.1, 0.15) is 36.3 Å². The van der Waals surface area contributed by atoms with E-state index in [1.807, 2.05) is 6.92 Å². The highest BCUT2D eigenvalue weighted by Crippen LogP contribution is 2.27. The fourth-order valence-electron chi connectivity index (χ4n) is 2.18. The molecular weight excluding hydrogens is 244 g/mol. The zero-order valence-corrected chi connectivity index (χ0v) is 11.0. The number of aromatic nitrogens is 2. The molecule has 0 radical (unpaired) electrons. The second-order valence-corrected chi connectivity index (χ2v) is 7.43. The molecule has 2 rings (SSSR count). The monoisotopic (exact) mass is 260 g/mol. The van der Waals surface area contributed by atoms with E-state index in [1.54, 1.807) is 0 Å². The number of hydrogen-bond donors (Lipinski definition) is 0. The minimum Gasteiger partial charge on any atom is -0.228 e. The van der Waals surface area contributed by atoms with Crippen molar-refractivity contribution in [2.45, 2.75) is 38.4 Å². The highest BCUT2D eigenvalue weighted by atomic mass is 32.2. The van der Waals surface area contributed by atoms with Crippen molar-refractivity contribution in [1.29, 1.82) is 0 Å². The first-order chi connectivity index (χ1) is 7.57. The van der Waals surface area contributed by atoms with E-state index >= 15 is 0 Å². The van der Waals surface area contributed by atoms with E-state index < -0.39 is 9.84 Å². The number of nitrogens with zero attached hydrogens (tertiary/aromatic N) is 2. The topological polar surface area (TPSA) is 59.9 Å².